The SMILES string of the molecule is CNC1CCC(N(C)C(=O)c2ccc(O)c(C)c2)CC1. The summed E-state index contributed by atoms with van der Waals surface area (Å²) in [5, 5.41) is 12.8. The van der Waals surface area contributed by atoms with Gasteiger partial charge in [-0.25, -0.2) is 0 Å². The molecule has 0 saturated heterocycles. The molecule has 0 radical (unpaired) electrons. The number of nitrogens with one attached hydrogen (secondary N) is 1. The van der Waals surface area contributed by atoms with E-state index in [0.29, 0.717) is 17.6 Å². The topological polar surface area (TPSA) is 52.6 Å². The lowest BCUT2D eigenvalue weighted by molar-refractivity contribution is 0.0685. The Hall–Kier alpha value is -1.55. The number of rotatable bonds is 3. The molecule has 1 aromatic rings. The van der Waals surface area contributed by atoms with Crippen LogP contribution >= 0.6 is 0 Å². The van der Waals surface area contributed by atoms with Gasteiger partial charge in [0.15, 0.2) is 0 Å². The summed E-state index contributed by atoms with van der Waals surface area (Å²) in [5.41, 5.74) is 1.39. The molecular formula is C16H24N2O2. The van der Waals surface area contributed by atoms with Gasteiger partial charge in [-0.05, 0) is 63.4 Å². The van der Waals surface area contributed by atoms with Gasteiger partial charge in [-0.1, -0.05) is 0 Å². The number of nitrogens with zero attached hydrogens (tertiary/aromatic N) is 1. The summed E-state index contributed by atoms with van der Waals surface area (Å²) in [4.78, 5) is 14.3. The number of aryl methyl sites for hydroxylation is 1. The van der Waals surface area contributed by atoms with Crippen LogP contribution in [0.2, 0.25) is 0 Å². The Morgan fingerprint density at radius 2 is 1.95 bits per heavy atom. The average molecular weight is 276 g/mol. The molecule has 0 spiro atoms. The maximum absolute atomic E-state index is 12.5. The van der Waals surface area contributed by atoms with Gasteiger partial charge < -0.3 is 15.3 Å². The highest BCUT2D eigenvalue weighted by molar-refractivity contribution is 5.94. The van der Waals surface area contributed by atoms with Crippen molar-refractivity contribution in [2.24, 2.45) is 0 Å². The Bertz CT molecular complexity index is 479. The quantitative estimate of drug-likeness (QED) is 0.890. The molecule has 4 nitrogen and oxygen atoms in total. The monoisotopic (exact) mass is 276 g/mol. The number of phenolic OH excluding ortho intramolecular Hbond substituents is 1. The fourth-order valence-electron chi connectivity index (χ4n) is 2.91. The molecule has 20 heavy (non-hydrogen) atoms. The molecule has 0 aromatic heterocycles. The number of phenols is 1. The van der Waals surface area contributed by atoms with Crippen molar-refractivity contribution in [2.75, 3.05) is 14.1 Å². The maximum atomic E-state index is 12.5. The number of carbonyl (C=O) groups is 1. The lowest BCUT2D eigenvalue weighted by atomic mass is 9.90. The molecule has 2 rings (SSSR count). The maximum Gasteiger partial charge on any atom is 0.253 e. The van der Waals surface area contributed by atoms with E-state index in [1.54, 1.807) is 18.2 Å². The van der Waals surface area contributed by atoms with Gasteiger partial charge in [0, 0.05) is 24.7 Å². The lowest BCUT2D eigenvalue weighted by Crippen LogP contribution is -2.42. The van der Waals surface area contributed by atoms with Crippen LogP contribution in [0.15, 0.2) is 18.2 Å². The summed E-state index contributed by atoms with van der Waals surface area (Å²) < 4.78 is 0. The van der Waals surface area contributed by atoms with Crippen molar-refractivity contribution in [3.63, 3.8) is 0 Å². The van der Waals surface area contributed by atoms with Gasteiger partial charge in [0.25, 0.3) is 5.91 Å². The summed E-state index contributed by atoms with van der Waals surface area (Å²) in [6.45, 7) is 1.81. The minimum atomic E-state index is 0.0426. The van der Waals surface area contributed by atoms with Crippen molar-refractivity contribution in [3.05, 3.63) is 29.3 Å². The van der Waals surface area contributed by atoms with Gasteiger partial charge in [0.05, 0.1) is 0 Å². The first kappa shape index (κ1) is 14.9. The minimum absolute atomic E-state index is 0.0426. The Morgan fingerprint density at radius 3 is 2.50 bits per heavy atom. The summed E-state index contributed by atoms with van der Waals surface area (Å²) in [5.74, 6) is 0.278. The summed E-state index contributed by atoms with van der Waals surface area (Å²) >= 11 is 0. The van der Waals surface area contributed by atoms with Crippen LogP contribution in [0.25, 0.3) is 0 Å². The smallest absolute Gasteiger partial charge is 0.253 e. The molecule has 110 valence electrons. The largest absolute Gasteiger partial charge is 0.508 e. The van der Waals surface area contributed by atoms with Crippen LogP contribution in [0.5, 0.6) is 5.75 Å². The molecule has 0 heterocycles. The van der Waals surface area contributed by atoms with Crippen molar-refractivity contribution >= 4 is 5.91 Å². The zero-order valence-corrected chi connectivity index (χ0v) is 12.5. The molecule has 2 N–H and O–H groups in total. The van der Waals surface area contributed by atoms with Crippen LogP contribution in [0.4, 0.5) is 0 Å². The average Bonchev–Trinajstić information content (AvgIpc) is 2.48. The Labute approximate surface area is 120 Å². The van der Waals surface area contributed by atoms with Crippen molar-refractivity contribution in [1.29, 1.82) is 0 Å². The van der Waals surface area contributed by atoms with Crippen LogP contribution in [0.3, 0.4) is 0 Å². The molecule has 4 heteroatoms. The summed E-state index contributed by atoms with van der Waals surface area (Å²) in [6, 6.07) is 5.95. The van der Waals surface area contributed by atoms with E-state index in [2.05, 4.69) is 5.32 Å². The van der Waals surface area contributed by atoms with Gasteiger partial charge in [-0.2, -0.15) is 0 Å². The number of benzene rings is 1. The zero-order valence-electron chi connectivity index (χ0n) is 12.5. The summed E-state index contributed by atoms with van der Waals surface area (Å²) in [6.07, 6.45) is 4.33. The molecular weight excluding hydrogens is 252 g/mol. The van der Waals surface area contributed by atoms with Gasteiger partial charge in [0.1, 0.15) is 5.75 Å². The molecule has 0 bridgehead atoms. The molecule has 1 fully saturated rings. The van der Waals surface area contributed by atoms with Gasteiger partial charge in [0.2, 0.25) is 0 Å². The third kappa shape index (κ3) is 3.12. The van der Waals surface area contributed by atoms with Crippen LogP contribution in [0, 0.1) is 6.92 Å². The molecule has 1 amide bonds. The second-order valence-electron chi connectivity index (χ2n) is 5.71. The third-order valence-corrected chi connectivity index (χ3v) is 4.42. The van der Waals surface area contributed by atoms with Crippen molar-refractivity contribution in [2.45, 2.75) is 44.7 Å². The van der Waals surface area contributed by atoms with E-state index in [9.17, 15) is 9.90 Å². The third-order valence-electron chi connectivity index (χ3n) is 4.42. The molecule has 1 aromatic carbocycles. The highest BCUT2D eigenvalue weighted by Crippen LogP contribution is 2.24. The molecule has 0 unspecified atom stereocenters. The number of amides is 1. The predicted octanol–water partition coefficient (Wildman–Crippen LogP) is 2.30. The Morgan fingerprint density at radius 1 is 1.30 bits per heavy atom. The highest BCUT2D eigenvalue weighted by Gasteiger charge is 2.26. The van der Waals surface area contributed by atoms with Gasteiger partial charge in [-0.15, -0.1) is 0 Å². The molecule has 1 saturated carbocycles. The van der Waals surface area contributed by atoms with Crippen LogP contribution in [0.1, 0.15) is 41.6 Å². The molecule has 1 aliphatic rings. The van der Waals surface area contributed by atoms with E-state index in [0.717, 1.165) is 31.2 Å². The van der Waals surface area contributed by atoms with Crippen molar-refractivity contribution < 1.29 is 9.90 Å². The second kappa shape index (κ2) is 6.27. The van der Waals surface area contributed by atoms with E-state index in [1.165, 1.54) is 0 Å². The normalized spacial score (nSPS) is 22.6. The van der Waals surface area contributed by atoms with Crippen molar-refractivity contribution in [3.8, 4) is 5.75 Å². The van der Waals surface area contributed by atoms with E-state index in [4.69, 9.17) is 0 Å². The fraction of sp³-hybridized carbons (Fsp3) is 0.562. The molecule has 0 atom stereocenters. The first-order valence-electron chi connectivity index (χ1n) is 7.27. The van der Waals surface area contributed by atoms with Crippen LogP contribution in [-0.2, 0) is 0 Å². The van der Waals surface area contributed by atoms with Crippen LogP contribution in [-0.4, -0.2) is 42.1 Å². The van der Waals surface area contributed by atoms with Gasteiger partial charge >= 0.3 is 0 Å². The molecule has 1 aliphatic carbocycles. The predicted molar refractivity (Wildman–Crippen MR) is 80.0 cm³/mol. The van der Waals surface area contributed by atoms with E-state index < -0.39 is 0 Å². The van der Waals surface area contributed by atoms with E-state index in [1.807, 2.05) is 25.9 Å². The number of hydrogen-bond donors (Lipinski definition) is 2. The minimum Gasteiger partial charge on any atom is -0.508 e. The second-order valence-corrected chi connectivity index (χ2v) is 5.71. The first-order chi connectivity index (χ1) is 9.52. The first-order valence-corrected chi connectivity index (χ1v) is 7.27. The van der Waals surface area contributed by atoms with E-state index in [-0.39, 0.29) is 11.7 Å². The zero-order chi connectivity index (χ0) is 14.7. The number of aromatic hydroxyl groups is 1. The van der Waals surface area contributed by atoms with Crippen LogP contribution < -0.4 is 5.32 Å². The van der Waals surface area contributed by atoms with E-state index >= 15 is 0 Å². The molecule has 0 aliphatic heterocycles. The highest BCUT2D eigenvalue weighted by atomic mass is 16.3. The lowest BCUT2D eigenvalue weighted by Gasteiger charge is -2.34. The number of hydrogen-bond acceptors (Lipinski definition) is 3. The number of carbonyl (C=O) groups excluding carboxylic acids is 1. The fourth-order valence-corrected chi connectivity index (χ4v) is 2.91. The Kier molecular flexibility index (Phi) is 4.65. The Balaban J connectivity index is 2.03. The standard InChI is InChI=1S/C16H24N2O2/c1-11-10-12(4-9-15(11)19)16(20)18(3)14-7-5-13(17-2)6-8-14/h4,9-10,13-14,17,19H,5-8H2,1-3H3. The van der Waals surface area contributed by atoms with Crippen molar-refractivity contribution in [1.82, 2.24) is 10.2 Å². The van der Waals surface area contributed by atoms with Gasteiger partial charge in [-0.3, -0.25) is 4.79 Å². The summed E-state index contributed by atoms with van der Waals surface area (Å²) in [7, 11) is 3.88.